The average Bonchev–Trinajstić information content (AvgIpc) is 3.40. The van der Waals surface area contributed by atoms with Crippen LogP contribution in [0, 0.1) is 6.92 Å². The first-order valence-electron chi connectivity index (χ1n) is 9.91. The average molecular weight is 436 g/mol. The van der Waals surface area contributed by atoms with Crippen molar-refractivity contribution in [2.75, 3.05) is 13.1 Å². The van der Waals surface area contributed by atoms with E-state index in [0.29, 0.717) is 24.5 Å². The van der Waals surface area contributed by atoms with E-state index in [-0.39, 0.29) is 6.04 Å². The van der Waals surface area contributed by atoms with Gasteiger partial charge in [-0.25, -0.2) is 13.1 Å². The number of aryl methyl sites for hydroxylation is 1. The first kappa shape index (κ1) is 19.6. The molecule has 0 N–H and O–H groups in total. The van der Waals surface area contributed by atoms with Crippen LogP contribution in [0.2, 0.25) is 0 Å². The number of aromatic nitrogens is 6. The van der Waals surface area contributed by atoms with Gasteiger partial charge in [-0.1, -0.05) is 47.2 Å². The molecule has 1 aliphatic heterocycles. The maximum absolute atomic E-state index is 13.0. The molecule has 1 aliphatic rings. The fraction of sp³-hybridized carbons (Fsp3) is 0.238. The van der Waals surface area contributed by atoms with Crippen LogP contribution in [0.1, 0.15) is 17.3 Å². The Morgan fingerprint density at radius 2 is 1.74 bits per heavy atom. The predicted molar refractivity (Wildman–Crippen MR) is 114 cm³/mol. The zero-order valence-corrected chi connectivity index (χ0v) is 17.7. The van der Waals surface area contributed by atoms with Gasteiger partial charge >= 0.3 is 0 Å². The highest BCUT2D eigenvalue weighted by Gasteiger charge is 2.38. The van der Waals surface area contributed by atoms with Crippen molar-refractivity contribution >= 4 is 10.0 Å². The molecule has 0 unspecified atom stereocenters. The van der Waals surface area contributed by atoms with Crippen LogP contribution in [-0.2, 0) is 16.6 Å². The van der Waals surface area contributed by atoms with Crippen LogP contribution in [0.3, 0.4) is 0 Å². The van der Waals surface area contributed by atoms with Crippen LogP contribution in [0.25, 0.3) is 11.1 Å². The van der Waals surface area contributed by atoms with Gasteiger partial charge in [0.15, 0.2) is 0 Å². The van der Waals surface area contributed by atoms with E-state index in [1.807, 2.05) is 43.5 Å². The second-order valence-corrected chi connectivity index (χ2v) is 9.56. The first-order chi connectivity index (χ1) is 15.0. The molecule has 0 atom stereocenters. The third-order valence-electron chi connectivity index (χ3n) is 5.37. The second-order valence-electron chi connectivity index (χ2n) is 7.62. The number of sulfonamides is 1. The molecule has 1 saturated heterocycles. The largest absolute Gasteiger partial charge is 0.246 e. The standard InChI is InChI=1S/C21H21N7O2S/c1-16-3-2-4-18(11-16)17-5-7-21(8-6-17)31(29,30)26-14-20(15-26)27-12-19(24-25-27)13-28-22-9-10-23-28/h2-12,20H,13-15H2,1H3. The van der Waals surface area contributed by atoms with Crippen LogP contribution in [0.4, 0.5) is 0 Å². The third-order valence-corrected chi connectivity index (χ3v) is 7.22. The van der Waals surface area contributed by atoms with Crippen LogP contribution in [-0.4, -0.2) is 55.8 Å². The lowest BCUT2D eigenvalue weighted by Gasteiger charge is -2.37. The molecule has 0 aliphatic carbocycles. The molecule has 0 bridgehead atoms. The fourth-order valence-corrected chi connectivity index (χ4v) is 5.12. The van der Waals surface area contributed by atoms with Gasteiger partial charge in [-0.05, 0) is 30.2 Å². The minimum Gasteiger partial charge on any atom is -0.246 e. The van der Waals surface area contributed by atoms with Crippen LogP contribution >= 0.6 is 0 Å². The van der Waals surface area contributed by atoms with Crippen molar-refractivity contribution in [1.29, 1.82) is 0 Å². The van der Waals surface area contributed by atoms with Crippen molar-refractivity contribution in [2.24, 2.45) is 0 Å². The maximum Gasteiger partial charge on any atom is 0.243 e. The summed E-state index contributed by atoms with van der Waals surface area (Å²) in [6, 6.07) is 15.1. The number of hydrogen-bond acceptors (Lipinski definition) is 6. The van der Waals surface area contributed by atoms with Gasteiger partial charge < -0.3 is 0 Å². The topological polar surface area (TPSA) is 98.8 Å². The van der Waals surface area contributed by atoms with Gasteiger partial charge in [0.05, 0.1) is 29.5 Å². The molecule has 0 spiro atoms. The number of rotatable bonds is 6. The molecule has 31 heavy (non-hydrogen) atoms. The van der Waals surface area contributed by atoms with Gasteiger partial charge in [0, 0.05) is 13.1 Å². The van der Waals surface area contributed by atoms with E-state index < -0.39 is 10.0 Å². The molecular weight excluding hydrogens is 414 g/mol. The van der Waals surface area contributed by atoms with E-state index in [4.69, 9.17) is 0 Å². The maximum atomic E-state index is 13.0. The zero-order chi connectivity index (χ0) is 21.4. The van der Waals surface area contributed by atoms with Crippen molar-refractivity contribution < 1.29 is 8.42 Å². The lowest BCUT2D eigenvalue weighted by molar-refractivity contribution is 0.189. The molecule has 1 fully saturated rings. The SMILES string of the molecule is Cc1cccc(-c2ccc(S(=O)(=O)N3CC(n4cc(Cn5nccn5)nn4)C3)cc2)c1. The van der Waals surface area contributed by atoms with E-state index in [1.165, 1.54) is 9.10 Å². The Hall–Kier alpha value is -3.37. The van der Waals surface area contributed by atoms with E-state index >= 15 is 0 Å². The number of benzene rings is 2. The Balaban J connectivity index is 1.25. The summed E-state index contributed by atoms with van der Waals surface area (Å²) in [5.41, 5.74) is 3.95. The van der Waals surface area contributed by atoms with Crippen molar-refractivity contribution in [3.63, 3.8) is 0 Å². The van der Waals surface area contributed by atoms with Gasteiger partial charge in [-0.3, -0.25) is 0 Å². The first-order valence-corrected chi connectivity index (χ1v) is 11.3. The Morgan fingerprint density at radius 3 is 2.45 bits per heavy atom. The predicted octanol–water partition coefficient (Wildman–Crippen LogP) is 2.14. The summed E-state index contributed by atoms with van der Waals surface area (Å²) in [7, 11) is -3.54. The van der Waals surface area contributed by atoms with Gasteiger partial charge in [-0.15, -0.1) is 5.10 Å². The Kier molecular flexibility index (Phi) is 4.87. The molecule has 4 aromatic rings. The zero-order valence-electron chi connectivity index (χ0n) is 16.9. The molecule has 0 saturated carbocycles. The Bertz CT molecular complexity index is 1290. The van der Waals surface area contributed by atoms with Crippen molar-refractivity contribution in [3.05, 3.63) is 78.4 Å². The third kappa shape index (κ3) is 3.87. The van der Waals surface area contributed by atoms with Crippen LogP contribution < -0.4 is 0 Å². The molecule has 3 heterocycles. The number of hydrogen-bond donors (Lipinski definition) is 0. The van der Waals surface area contributed by atoms with Gasteiger partial charge in [-0.2, -0.15) is 19.3 Å². The smallest absolute Gasteiger partial charge is 0.243 e. The molecular formula is C21H21N7O2S. The van der Waals surface area contributed by atoms with E-state index in [1.54, 1.807) is 29.2 Å². The molecule has 5 rings (SSSR count). The molecule has 10 heteroatoms. The molecule has 0 radical (unpaired) electrons. The minimum atomic E-state index is -3.54. The summed E-state index contributed by atoms with van der Waals surface area (Å²) in [5, 5.41) is 16.4. The Morgan fingerprint density at radius 1 is 1.00 bits per heavy atom. The minimum absolute atomic E-state index is 0.0341. The highest BCUT2D eigenvalue weighted by molar-refractivity contribution is 7.89. The molecule has 0 amide bonds. The lowest BCUT2D eigenvalue weighted by Crippen LogP contribution is -2.50. The Labute approximate surface area is 180 Å². The summed E-state index contributed by atoms with van der Waals surface area (Å²) in [4.78, 5) is 1.82. The van der Waals surface area contributed by atoms with Gasteiger partial charge in [0.25, 0.3) is 0 Å². The summed E-state index contributed by atoms with van der Waals surface area (Å²) < 4.78 is 29.1. The summed E-state index contributed by atoms with van der Waals surface area (Å²) >= 11 is 0. The normalized spacial score (nSPS) is 15.1. The summed E-state index contributed by atoms with van der Waals surface area (Å²) in [5.74, 6) is 0. The second kappa shape index (κ2) is 7.71. The highest BCUT2D eigenvalue weighted by atomic mass is 32.2. The van der Waals surface area contributed by atoms with E-state index in [2.05, 4.69) is 26.6 Å². The van der Waals surface area contributed by atoms with Crippen molar-refractivity contribution in [3.8, 4) is 11.1 Å². The number of nitrogens with zero attached hydrogens (tertiary/aromatic N) is 7. The lowest BCUT2D eigenvalue weighted by atomic mass is 10.0. The van der Waals surface area contributed by atoms with E-state index in [0.717, 1.165) is 22.4 Å². The molecule has 2 aromatic carbocycles. The molecule has 2 aromatic heterocycles. The van der Waals surface area contributed by atoms with Crippen molar-refractivity contribution in [1.82, 2.24) is 34.3 Å². The van der Waals surface area contributed by atoms with Gasteiger partial charge in [0.1, 0.15) is 12.2 Å². The van der Waals surface area contributed by atoms with E-state index in [9.17, 15) is 8.42 Å². The highest BCUT2D eigenvalue weighted by Crippen LogP contribution is 2.29. The monoisotopic (exact) mass is 435 g/mol. The molecule has 158 valence electrons. The summed E-state index contributed by atoms with van der Waals surface area (Å²) in [6.45, 7) is 3.19. The van der Waals surface area contributed by atoms with Gasteiger partial charge in [0.2, 0.25) is 10.0 Å². The van der Waals surface area contributed by atoms with Crippen LogP contribution in [0.15, 0.2) is 72.0 Å². The van der Waals surface area contributed by atoms with Crippen LogP contribution in [0.5, 0.6) is 0 Å². The van der Waals surface area contributed by atoms with Crippen molar-refractivity contribution in [2.45, 2.75) is 24.4 Å². The quantitative estimate of drug-likeness (QED) is 0.460. The summed E-state index contributed by atoms with van der Waals surface area (Å²) in [6.07, 6.45) is 5.02. The fourth-order valence-electron chi connectivity index (χ4n) is 3.61. The molecule has 9 nitrogen and oxygen atoms in total.